The van der Waals surface area contributed by atoms with Gasteiger partial charge in [-0.05, 0) is 88.2 Å². The van der Waals surface area contributed by atoms with E-state index in [0.29, 0.717) is 34.5 Å². The number of rotatable bonds is 6. The average Bonchev–Trinajstić information content (AvgIpc) is 3.01. The van der Waals surface area contributed by atoms with Crippen molar-refractivity contribution < 1.29 is 17.5 Å². The minimum atomic E-state index is -3.87. The first kappa shape index (κ1) is 23.4. The summed E-state index contributed by atoms with van der Waals surface area (Å²) in [7, 11) is -3.87. The molecule has 2 aromatic carbocycles. The molecule has 0 spiro atoms. The highest BCUT2D eigenvalue weighted by atomic mass is 32.2. The number of hydrogen-bond donors (Lipinski definition) is 1. The van der Waals surface area contributed by atoms with Gasteiger partial charge in [-0.1, -0.05) is 0 Å². The van der Waals surface area contributed by atoms with Gasteiger partial charge in [0.25, 0.3) is 10.0 Å². The van der Waals surface area contributed by atoms with Gasteiger partial charge in [0.1, 0.15) is 17.4 Å². The molecule has 176 valence electrons. The fourth-order valence-corrected chi connectivity index (χ4v) is 4.75. The van der Waals surface area contributed by atoms with Crippen molar-refractivity contribution in [2.45, 2.75) is 39.5 Å². The van der Waals surface area contributed by atoms with E-state index in [4.69, 9.17) is 4.74 Å². The maximum Gasteiger partial charge on any atom is 0.262 e. The molecular formula is C24H24FN5O3S. The van der Waals surface area contributed by atoms with Crippen LogP contribution in [0.1, 0.15) is 28.3 Å². The number of nitrogens with zero attached hydrogens (tertiary/aromatic N) is 4. The molecular weight excluding hydrogens is 457 g/mol. The highest BCUT2D eigenvalue weighted by Crippen LogP contribution is 2.26. The topological polar surface area (TPSA) is 99.0 Å². The minimum absolute atomic E-state index is 0.0117. The summed E-state index contributed by atoms with van der Waals surface area (Å²) >= 11 is 0. The highest BCUT2D eigenvalue weighted by Gasteiger charge is 2.18. The van der Waals surface area contributed by atoms with Crippen molar-refractivity contribution in [2.75, 3.05) is 4.72 Å². The molecule has 0 radical (unpaired) electrons. The maximum absolute atomic E-state index is 13.3. The normalized spacial score (nSPS) is 11.5. The zero-order valence-corrected chi connectivity index (χ0v) is 20.2. The summed E-state index contributed by atoms with van der Waals surface area (Å²) in [6, 6.07) is 11.6. The zero-order valence-electron chi connectivity index (χ0n) is 19.4. The van der Waals surface area contributed by atoms with Crippen molar-refractivity contribution in [3.63, 3.8) is 0 Å². The van der Waals surface area contributed by atoms with E-state index in [2.05, 4.69) is 19.8 Å². The first-order chi connectivity index (χ1) is 16.0. The van der Waals surface area contributed by atoms with Crippen LogP contribution < -0.4 is 9.46 Å². The highest BCUT2D eigenvalue weighted by molar-refractivity contribution is 7.92. The molecule has 8 nitrogen and oxygen atoms in total. The van der Waals surface area contributed by atoms with Gasteiger partial charge in [-0.15, -0.1) is 0 Å². The number of sulfonamides is 1. The fourth-order valence-electron chi connectivity index (χ4n) is 3.47. The molecule has 0 saturated carbocycles. The number of anilines is 1. The quantitative estimate of drug-likeness (QED) is 0.419. The number of aryl methyl sites for hydroxylation is 3. The molecule has 0 unspecified atom stereocenters. The van der Waals surface area contributed by atoms with E-state index in [-0.39, 0.29) is 4.90 Å². The van der Waals surface area contributed by atoms with E-state index >= 15 is 0 Å². The predicted octanol–water partition coefficient (Wildman–Crippen LogP) is 4.94. The van der Waals surface area contributed by atoms with Gasteiger partial charge in [0, 0.05) is 17.4 Å². The standard InChI is InChI=1S/C24H24FN5O3S/c1-14-12-19(25)6-11-22(14)34(31,32)29-20-7-9-21(10-8-20)33-24-13-23(26-18(5)27-24)30-17(4)15(2)16(3)28-30/h6-13,29H,1-5H3. The number of ether oxygens (including phenoxy) is 1. The van der Waals surface area contributed by atoms with E-state index in [1.54, 1.807) is 48.9 Å². The van der Waals surface area contributed by atoms with Crippen LogP contribution in [-0.4, -0.2) is 28.2 Å². The molecule has 0 aliphatic rings. The summed E-state index contributed by atoms with van der Waals surface area (Å²) < 4.78 is 48.8. The number of aromatic nitrogens is 4. The zero-order chi connectivity index (χ0) is 24.6. The molecule has 0 aliphatic carbocycles. The van der Waals surface area contributed by atoms with Crippen LogP contribution in [0.5, 0.6) is 11.6 Å². The van der Waals surface area contributed by atoms with Crippen LogP contribution in [-0.2, 0) is 10.0 Å². The first-order valence-electron chi connectivity index (χ1n) is 10.5. The lowest BCUT2D eigenvalue weighted by molar-refractivity contribution is 0.459. The summed E-state index contributed by atoms with van der Waals surface area (Å²) in [6.45, 7) is 9.23. The lowest BCUT2D eigenvalue weighted by Crippen LogP contribution is -2.14. The second-order valence-electron chi connectivity index (χ2n) is 7.96. The molecule has 10 heteroatoms. The molecule has 0 atom stereocenters. The van der Waals surface area contributed by atoms with Gasteiger partial charge in [0.2, 0.25) is 5.88 Å². The van der Waals surface area contributed by atoms with Crippen molar-refractivity contribution in [3.05, 3.63) is 82.7 Å². The van der Waals surface area contributed by atoms with E-state index in [1.807, 2.05) is 20.8 Å². The Labute approximate surface area is 197 Å². The van der Waals surface area contributed by atoms with Gasteiger partial charge in [-0.25, -0.2) is 22.5 Å². The van der Waals surface area contributed by atoms with Crippen molar-refractivity contribution in [1.82, 2.24) is 19.7 Å². The van der Waals surface area contributed by atoms with Gasteiger partial charge in [-0.2, -0.15) is 10.1 Å². The molecule has 34 heavy (non-hydrogen) atoms. The third-order valence-electron chi connectivity index (χ3n) is 5.43. The lowest BCUT2D eigenvalue weighted by Gasteiger charge is -2.12. The van der Waals surface area contributed by atoms with Gasteiger partial charge in [0.15, 0.2) is 5.82 Å². The predicted molar refractivity (Wildman–Crippen MR) is 127 cm³/mol. The van der Waals surface area contributed by atoms with E-state index in [1.165, 1.54) is 12.1 Å². The Morgan fingerprint density at radius 3 is 2.26 bits per heavy atom. The Kier molecular flexibility index (Phi) is 6.09. The number of halogens is 1. The maximum atomic E-state index is 13.3. The van der Waals surface area contributed by atoms with Gasteiger partial charge in [0.05, 0.1) is 10.6 Å². The summed E-state index contributed by atoms with van der Waals surface area (Å²) in [5, 5.41) is 4.54. The third kappa shape index (κ3) is 4.76. The largest absolute Gasteiger partial charge is 0.439 e. The molecule has 1 N–H and O–H groups in total. The number of hydrogen-bond acceptors (Lipinski definition) is 6. The molecule has 0 bridgehead atoms. The van der Waals surface area contributed by atoms with E-state index in [9.17, 15) is 12.8 Å². The SMILES string of the molecule is Cc1nc(Oc2ccc(NS(=O)(=O)c3ccc(F)cc3C)cc2)cc(-n2nc(C)c(C)c2C)n1. The van der Waals surface area contributed by atoms with Crippen LogP contribution in [0.2, 0.25) is 0 Å². The summed E-state index contributed by atoms with van der Waals surface area (Å²) in [5.74, 6) is 1.43. The summed E-state index contributed by atoms with van der Waals surface area (Å²) in [6.07, 6.45) is 0. The van der Waals surface area contributed by atoms with Crippen LogP contribution in [0, 0.1) is 40.4 Å². The van der Waals surface area contributed by atoms with Crippen LogP contribution in [0.4, 0.5) is 10.1 Å². The molecule has 0 saturated heterocycles. The molecule has 0 aliphatic heterocycles. The van der Waals surface area contributed by atoms with Crippen LogP contribution in [0.15, 0.2) is 53.4 Å². The van der Waals surface area contributed by atoms with E-state index in [0.717, 1.165) is 23.0 Å². The van der Waals surface area contributed by atoms with Crippen molar-refractivity contribution in [3.8, 4) is 17.4 Å². The Morgan fingerprint density at radius 2 is 1.65 bits per heavy atom. The summed E-state index contributed by atoms with van der Waals surface area (Å²) in [4.78, 5) is 8.81. The molecule has 2 heterocycles. The Bertz CT molecular complexity index is 1480. The third-order valence-corrected chi connectivity index (χ3v) is 6.97. The van der Waals surface area contributed by atoms with Crippen LogP contribution >= 0.6 is 0 Å². The minimum Gasteiger partial charge on any atom is -0.439 e. The lowest BCUT2D eigenvalue weighted by atomic mass is 10.2. The van der Waals surface area contributed by atoms with Gasteiger partial charge < -0.3 is 4.74 Å². The van der Waals surface area contributed by atoms with Gasteiger partial charge >= 0.3 is 0 Å². The molecule has 0 fully saturated rings. The Morgan fingerprint density at radius 1 is 0.941 bits per heavy atom. The monoisotopic (exact) mass is 481 g/mol. The average molecular weight is 482 g/mol. The molecule has 4 aromatic rings. The van der Waals surface area contributed by atoms with Gasteiger partial charge in [-0.3, -0.25) is 4.72 Å². The van der Waals surface area contributed by atoms with Crippen molar-refractivity contribution in [2.24, 2.45) is 0 Å². The Balaban J connectivity index is 1.54. The number of benzene rings is 2. The van der Waals surface area contributed by atoms with Crippen LogP contribution in [0.25, 0.3) is 5.82 Å². The fraction of sp³-hybridized carbons (Fsp3) is 0.208. The van der Waals surface area contributed by atoms with E-state index < -0.39 is 15.8 Å². The van der Waals surface area contributed by atoms with Crippen molar-refractivity contribution in [1.29, 1.82) is 0 Å². The second kappa shape index (κ2) is 8.86. The Hall–Kier alpha value is -3.79. The second-order valence-corrected chi connectivity index (χ2v) is 9.61. The van der Waals surface area contributed by atoms with Crippen LogP contribution in [0.3, 0.4) is 0 Å². The molecule has 4 rings (SSSR count). The smallest absolute Gasteiger partial charge is 0.262 e. The molecule has 2 aromatic heterocycles. The summed E-state index contributed by atoms with van der Waals surface area (Å²) in [5.41, 5.74) is 3.65. The number of nitrogens with one attached hydrogen (secondary N) is 1. The van der Waals surface area contributed by atoms with Crippen molar-refractivity contribution >= 4 is 15.7 Å². The first-order valence-corrected chi connectivity index (χ1v) is 12.0. The molecule has 0 amide bonds.